The molecule has 2 unspecified atom stereocenters. The molecular formula is C18H31N. The van der Waals surface area contributed by atoms with Crippen molar-refractivity contribution in [2.45, 2.75) is 71.9 Å². The van der Waals surface area contributed by atoms with Crippen molar-refractivity contribution in [3.63, 3.8) is 0 Å². The van der Waals surface area contributed by atoms with Crippen LogP contribution < -0.4 is 5.32 Å². The van der Waals surface area contributed by atoms with Crippen LogP contribution in [0.1, 0.15) is 71.4 Å². The third-order valence-electron chi connectivity index (χ3n) is 4.27. The summed E-state index contributed by atoms with van der Waals surface area (Å²) in [5.41, 5.74) is 1.44. The van der Waals surface area contributed by atoms with E-state index in [1.54, 1.807) is 0 Å². The van der Waals surface area contributed by atoms with Crippen LogP contribution in [0.15, 0.2) is 30.3 Å². The molecule has 0 amide bonds. The maximum atomic E-state index is 3.87. The van der Waals surface area contributed by atoms with Crippen LogP contribution in [0.3, 0.4) is 0 Å². The molecule has 1 aromatic rings. The SMILES string of the molecule is CCCCC(NC(C)C(CC)CC)c1ccccc1. The highest BCUT2D eigenvalue weighted by atomic mass is 14.9. The highest BCUT2D eigenvalue weighted by molar-refractivity contribution is 5.19. The summed E-state index contributed by atoms with van der Waals surface area (Å²) >= 11 is 0. The van der Waals surface area contributed by atoms with E-state index < -0.39 is 0 Å². The second-order valence-electron chi connectivity index (χ2n) is 5.64. The molecule has 0 saturated heterocycles. The molecule has 0 heterocycles. The van der Waals surface area contributed by atoms with Gasteiger partial charge < -0.3 is 5.32 Å². The Morgan fingerprint density at radius 2 is 1.63 bits per heavy atom. The summed E-state index contributed by atoms with van der Waals surface area (Å²) in [5, 5.41) is 3.87. The zero-order valence-electron chi connectivity index (χ0n) is 13.2. The van der Waals surface area contributed by atoms with Gasteiger partial charge in [0, 0.05) is 12.1 Å². The Kier molecular flexibility index (Phi) is 7.81. The van der Waals surface area contributed by atoms with E-state index in [0.717, 1.165) is 5.92 Å². The molecule has 0 aliphatic carbocycles. The molecule has 0 aliphatic rings. The van der Waals surface area contributed by atoms with Gasteiger partial charge in [0.1, 0.15) is 0 Å². The Morgan fingerprint density at radius 1 is 1.00 bits per heavy atom. The van der Waals surface area contributed by atoms with Crippen molar-refractivity contribution < 1.29 is 0 Å². The van der Waals surface area contributed by atoms with E-state index >= 15 is 0 Å². The van der Waals surface area contributed by atoms with Crippen LogP contribution in [0.25, 0.3) is 0 Å². The van der Waals surface area contributed by atoms with Crippen LogP contribution >= 0.6 is 0 Å². The normalized spacial score (nSPS) is 14.6. The van der Waals surface area contributed by atoms with E-state index in [9.17, 15) is 0 Å². The van der Waals surface area contributed by atoms with Crippen molar-refractivity contribution >= 4 is 0 Å². The first kappa shape index (κ1) is 16.2. The van der Waals surface area contributed by atoms with Crippen LogP contribution in [-0.4, -0.2) is 6.04 Å². The second-order valence-corrected chi connectivity index (χ2v) is 5.64. The summed E-state index contributed by atoms with van der Waals surface area (Å²) < 4.78 is 0. The summed E-state index contributed by atoms with van der Waals surface area (Å²) in [7, 11) is 0. The van der Waals surface area contributed by atoms with Crippen molar-refractivity contribution in [3.05, 3.63) is 35.9 Å². The molecule has 0 saturated carbocycles. The molecule has 108 valence electrons. The zero-order chi connectivity index (χ0) is 14.1. The van der Waals surface area contributed by atoms with Gasteiger partial charge in [-0.25, -0.2) is 0 Å². The minimum atomic E-state index is 0.511. The zero-order valence-corrected chi connectivity index (χ0v) is 13.2. The highest BCUT2D eigenvalue weighted by Crippen LogP contribution is 2.23. The molecule has 0 bridgehead atoms. The first-order valence-corrected chi connectivity index (χ1v) is 8.03. The molecular weight excluding hydrogens is 230 g/mol. The van der Waals surface area contributed by atoms with Gasteiger partial charge in [-0.05, 0) is 24.8 Å². The van der Waals surface area contributed by atoms with Crippen LogP contribution in [0.5, 0.6) is 0 Å². The monoisotopic (exact) mass is 261 g/mol. The lowest BCUT2D eigenvalue weighted by Crippen LogP contribution is -2.36. The van der Waals surface area contributed by atoms with Crippen LogP contribution in [0.2, 0.25) is 0 Å². The number of benzene rings is 1. The van der Waals surface area contributed by atoms with Crippen LogP contribution in [0, 0.1) is 5.92 Å². The summed E-state index contributed by atoms with van der Waals surface area (Å²) in [6.45, 7) is 9.22. The molecule has 0 spiro atoms. The van der Waals surface area contributed by atoms with Gasteiger partial charge in [0.25, 0.3) is 0 Å². The summed E-state index contributed by atoms with van der Waals surface area (Å²) in [6, 6.07) is 12.0. The average Bonchev–Trinajstić information content (AvgIpc) is 2.45. The van der Waals surface area contributed by atoms with E-state index in [2.05, 4.69) is 63.3 Å². The molecule has 1 heteroatoms. The Balaban J connectivity index is 2.69. The average molecular weight is 261 g/mol. The van der Waals surface area contributed by atoms with Gasteiger partial charge in [-0.2, -0.15) is 0 Å². The van der Waals surface area contributed by atoms with Crippen LogP contribution in [-0.2, 0) is 0 Å². The lowest BCUT2D eigenvalue weighted by atomic mass is 9.93. The van der Waals surface area contributed by atoms with Crippen molar-refractivity contribution in [2.24, 2.45) is 5.92 Å². The van der Waals surface area contributed by atoms with E-state index in [-0.39, 0.29) is 0 Å². The molecule has 2 atom stereocenters. The Morgan fingerprint density at radius 3 is 2.16 bits per heavy atom. The summed E-state index contributed by atoms with van der Waals surface area (Å²) in [4.78, 5) is 0. The van der Waals surface area contributed by atoms with Crippen LogP contribution in [0.4, 0.5) is 0 Å². The Hall–Kier alpha value is -0.820. The highest BCUT2D eigenvalue weighted by Gasteiger charge is 2.18. The number of hydrogen-bond acceptors (Lipinski definition) is 1. The van der Waals surface area contributed by atoms with Gasteiger partial charge in [0.05, 0.1) is 0 Å². The second kappa shape index (κ2) is 9.14. The van der Waals surface area contributed by atoms with Gasteiger partial charge in [-0.1, -0.05) is 76.8 Å². The van der Waals surface area contributed by atoms with Gasteiger partial charge >= 0.3 is 0 Å². The van der Waals surface area contributed by atoms with E-state index in [4.69, 9.17) is 0 Å². The van der Waals surface area contributed by atoms with Crippen molar-refractivity contribution in [2.75, 3.05) is 0 Å². The number of nitrogens with one attached hydrogen (secondary N) is 1. The van der Waals surface area contributed by atoms with E-state index in [0.29, 0.717) is 12.1 Å². The fourth-order valence-corrected chi connectivity index (χ4v) is 2.89. The summed E-state index contributed by atoms with van der Waals surface area (Å²) in [5.74, 6) is 0.785. The van der Waals surface area contributed by atoms with Gasteiger partial charge in [-0.15, -0.1) is 0 Å². The molecule has 1 aromatic carbocycles. The van der Waals surface area contributed by atoms with Gasteiger partial charge in [0.15, 0.2) is 0 Å². The maximum absolute atomic E-state index is 3.87. The van der Waals surface area contributed by atoms with Gasteiger partial charge in [-0.3, -0.25) is 0 Å². The van der Waals surface area contributed by atoms with Crippen molar-refractivity contribution in [3.8, 4) is 0 Å². The Bertz CT molecular complexity index is 316. The maximum Gasteiger partial charge on any atom is 0.0322 e. The number of hydrogen-bond donors (Lipinski definition) is 1. The molecule has 1 N–H and O–H groups in total. The standard InChI is InChI=1S/C18H31N/c1-5-8-14-18(17-12-10-9-11-13-17)19-15(4)16(6-2)7-3/h9-13,15-16,18-19H,5-8,14H2,1-4H3. The topological polar surface area (TPSA) is 12.0 Å². The van der Waals surface area contributed by atoms with Crippen molar-refractivity contribution in [1.29, 1.82) is 0 Å². The third-order valence-corrected chi connectivity index (χ3v) is 4.27. The molecule has 1 nitrogen and oxygen atoms in total. The van der Waals surface area contributed by atoms with Crippen molar-refractivity contribution in [1.82, 2.24) is 5.32 Å². The molecule has 0 aliphatic heterocycles. The molecule has 19 heavy (non-hydrogen) atoms. The summed E-state index contributed by atoms with van der Waals surface area (Å²) in [6.07, 6.45) is 6.33. The lowest BCUT2D eigenvalue weighted by molar-refractivity contribution is 0.312. The number of rotatable bonds is 9. The predicted molar refractivity (Wildman–Crippen MR) is 85.4 cm³/mol. The molecule has 1 rings (SSSR count). The number of unbranched alkanes of at least 4 members (excludes halogenated alkanes) is 1. The molecule has 0 aromatic heterocycles. The van der Waals surface area contributed by atoms with E-state index in [1.807, 2.05) is 0 Å². The minimum Gasteiger partial charge on any atom is -0.307 e. The predicted octanol–water partition coefficient (Wildman–Crippen LogP) is 5.33. The third kappa shape index (κ3) is 5.36. The first-order valence-electron chi connectivity index (χ1n) is 8.03. The fourth-order valence-electron chi connectivity index (χ4n) is 2.89. The largest absolute Gasteiger partial charge is 0.307 e. The Labute approximate surface area is 119 Å². The lowest BCUT2D eigenvalue weighted by Gasteiger charge is -2.28. The fraction of sp³-hybridized carbons (Fsp3) is 0.667. The van der Waals surface area contributed by atoms with Gasteiger partial charge in [0.2, 0.25) is 0 Å². The smallest absolute Gasteiger partial charge is 0.0322 e. The first-order chi connectivity index (χ1) is 9.22. The van der Waals surface area contributed by atoms with E-state index in [1.165, 1.54) is 37.7 Å². The minimum absolute atomic E-state index is 0.511. The molecule has 0 fully saturated rings. The molecule has 0 radical (unpaired) electrons. The quantitative estimate of drug-likeness (QED) is 0.633.